The Morgan fingerprint density at radius 1 is 0.867 bits per heavy atom. The number of rotatable bonds is 6. The molecule has 0 saturated carbocycles. The van der Waals surface area contributed by atoms with Gasteiger partial charge in [0.25, 0.3) is 5.91 Å². The summed E-state index contributed by atoms with van der Waals surface area (Å²) in [7, 11) is 3.24. The van der Waals surface area contributed by atoms with Crippen molar-refractivity contribution in [3.63, 3.8) is 0 Å². The van der Waals surface area contributed by atoms with Crippen LogP contribution in [0.3, 0.4) is 0 Å². The maximum Gasteiger partial charge on any atom is 0.288 e. The van der Waals surface area contributed by atoms with Crippen LogP contribution in [0, 0.1) is 6.92 Å². The normalized spacial score (nSPS) is 11.8. The average Bonchev–Trinajstić information content (AvgIpc) is 3.14. The van der Waals surface area contributed by atoms with E-state index >= 15 is 0 Å². The summed E-state index contributed by atoms with van der Waals surface area (Å²) in [6.45, 7) is 1.88. The highest BCUT2D eigenvalue weighted by atomic mass is 16.5. The molecule has 0 spiro atoms. The van der Waals surface area contributed by atoms with E-state index in [2.05, 4.69) is 5.32 Å². The Morgan fingerprint density at radius 3 is 2.17 bits per heavy atom. The predicted molar refractivity (Wildman–Crippen MR) is 116 cm³/mol. The highest BCUT2D eigenvalue weighted by Crippen LogP contribution is 2.30. The van der Waals surface area contributed by atoms with Crippen LogP contribution in [-0.2, 0) is 0 Å². The van der Waals surface area contributed by atoms with Crippen molar-refractivity contribution < 1.29 is 18.7 Å². The molecule has 0 radical (unpaired) electrons. The van der Waals surface area contributed by atoms with Gasteiger partial charge in [-0.15, -0.1) is 0 Å². The minimum Gasteiger partial charge on any atom is -0.497 e. The molecule has 0 saturated heterocycles. The van der Waals surface area contributed by atoms with Crippen molar-refractivity contribution in [1.29, 1.82) is 0 Å². The molecule has 1 N–H and O–H groups in total. The standard InChI is InChI=1S/C25H23NO4/c1-16-21-15-20(29-3)13-14-22(21)30-24(16)25(27)26-23(17-7-5-4-6-8-17)18-9-11-19(28-2)12-10-18/h4-15,23H,1-3H3,(H,26,27)/t23-/m0/s1. The highest BCUT2D eigenvalue weighted by Gasteiger charge is 2.23. The molecule has 4 aromatic rings. The fourth-order valence-corrected chi connectivity index (χ4v) is 3.54. The number of carbonyl (C=O) groups is 1. The summed E-state index contributed by atoms with van der Waals surface area (Å²) in [5.41, 5.74) is 3.36. The molecule has 1 atom stereocenters. The lowest BCUT2D eigenvalue weighted by Gasteiger charge is -2.20. The van der Waals surface area contributed by atoms with E-state index in [1.165, 1.54) is 0 Å². The molecule has 0 bridgehead atoms. The molecule has 30 heavy (non-hydrogen) atoms. The van der Waals surface area contributed by atoms with Crippen molar-refractivity contribution in [1.82, 2.24) is 5.32 Å². The van der Waals surface area contributed by atoms with Crippen molar-refractivity contribution in [2.45, 2.75) is 13.0 Å². The Morgan fingerprint density at radius 2 is 1.50 bits per heavy atom. The second-order valence-electron chi connectivity index (χ2n) is 7.01. The lowest BCUT2D eigenvalue weighted by molar-refractivity contribution is 0.0916. The molecule has 1 heterocycles. The first kappa shape index (κ1) is 19.6. The molecule has 5 heteroatoms. The number of amides is 1. The maximum absolute atomic E-state index is 13.2. The van der Waals surface area contributed by atoms with Gasteiger partial charge in [-0.2, -0.15) is 0 Å². The molecule has 0 aliphatic carbocycles. The summed E-state index contributed by atoms with van der Waals surface area (Å²) in [6.07, 6.45) is 0. The zero-order chi connectivity index (χ0) is 21.1. The number of carbonyl (C=O) groups excluding carboxylic acids is 1. The second kappa shape index (κ2) is 8.33. The van der Waals surface area contributed by atoms with Gasteiger partial charge in [-0.25, -0.2) is 0 Å². The van der Waals surface area contributed by atoms with E-state index in [1.54, 1.807) is 14.2 Å². The highest BCUT2D eigenvalue weighted by molar-refractivity contribution is 5.99. The molecular formula is C25H23NO4. The molecule has 1 amide bonds. The van der Waals surface area contributed by atoms with E-state index in [4.69, 9.17) is 13.9 Å². The van der Waals surface area contributed by atoms with Gasteiger partial charge in [0.15, 0.2) is 5.76 Å². The first-order valence-corrected chi connectivity index (χ1v) is 9.67. The van der Waals surface area contributed by atoms with Crippen LogP contribution in [0.25, 0.3) is 11.0 Å². The molecule has 0 fully saturated rings. The third-order valence-corrected chi connectivity index (χ3v) is 5.21. The summed E-state index contributed by atoms with van der Waals surface area (Å²) in [4.78, 5) is 13.2. The van der Waals surface area contributed by atoms with Crippen molar-refractivity contribution in [2.75, 3.05) is 14.2 Å². The third-order valence-electron chi connectivity index (χ3n) is 5.21. The Balaban J connectivity index is 1.70. The third kappa shape index (κ3) is 3.74. The Bertz CT molecular complexity index is 1160. The average molecular weight is 401 g/mol. The van der Waals surface area contributed by atoms with Crippen LogP contribution in [0.1, 0.15) is 33.3 Å². The number of benzene rings is 3. The van der Waals surface area contributed by atoms with Crippen molar-refractivity contribution >= 4 is 16.9 Å². The molecule has 0 unspecified atom stereocenters. The molecule has 3 aromatic carbocycles. The van der Waals surface area contributed by atoms with E-state index < -0.39 is 0 Å². The predicted octanol–water partition coefficient (Wildman–Crippen LogP) is 5.28. The molecule has 0 aliphatic heterocycles. The van der Waals surface area contributed by atoms with Crippen molar-refractivity contribution in [2.24, 2.45) is 0 Å². The van der Waals surface area contributed by atoms with Crippen LogP contribution in [0.4, 0.5) is 0 Å². The maximum atomic E-state index is 13.2. The molecule has 152 valence electrons. The van der Waals surface area contributed by atoms with Crippen LogP contribution in [0.5, 0.6) is 11.5 Å². The van der Waals surface area contributed by atoms with Crippen LogP contribution >= 0.6 is 0 Å². The summed E-state index contributed by atoms with van der Waals surface area (Å²) in [6, 6.07) is 22.7. The van der Waals surface area contributed by atoms with Crippen molar-refractivity contribution in [3.8, 4) is 11.5 Å². The quantitative estimate of drug-likeness (QED) is 0.478. The number of methoxy groups -OCH3 is 2. The number of hydrogen-bond donors (Lipinski definition) is 1. The van der Waals surface area contributed by atoms with Crippen LogP contribution in [0.15, 0.2) is 77.2 Å². The fraction of sp³-hybridized carbons (Fsp3) is 0.160. The van der Waals surface area contributed by atoms with Gasteiger partial charge in [-0.05, 0) is 48.4 Å². The summed E-state index contributed by atoms with van der Waals surface area (Å²) >= 11 is 0. The van der Waals surface area contributed by atoms with E-state index in [1.807, 2.05) is 79.7 Å². The Hall–Kier alpha value is -3.73. The zero-order valence-electron chi connectivity index (χ0n) is 17.1. The summed E-state index contributed by atoms with van der Waals surface area (Å²) in [5.74, 6) is 1.51. The van der Waals surface area contributed by atoms with E-state index in [0.29, 0.717) is 11.3 Å². The first-order chi connectivity index (χ1) is 14.6. The number of aryl methyl sites for hydroxylation is 1. The summed E-state index contributed by atoms with van der Waals surface area (Å²) in [5, 5.41) is 3.99. The van der Waals surface area contributed by atoms with E-state index in [-0.39, 0.29) is 11.9 Å². The topological polar surface area (TPSA) is 60.7 Å². The van der Waals surface area contributed by atoms with Gasteiger partial charge in [0.1, 0.15) is 17.1 Å². The van der Waals surface area contributed by atoms with Crippen LogP contribution in [0.2, 0.25) is 0 Å². The lowest BCUT2D eigenvalue weighted by atomic mass is 9.98. The van der Waals surface area contributed by atoms with Gasteiger partial charge < -0.3 is 19.2 Å². The second-order valence-corrected chi connectivity index (χ2v) is 7.01. The molecule has 5 nitrogen and oxygen atoms in total. The molecule has 0 aliphatic rings. The minimum atomic E-state index is -0.327. The Kier molecular flexibility index (Phi) is 5.44. The van der Waals surface area contributed by atoms with Gasteiger partial charge in [0.2, 0.25) is 0 Å². The molecule has 4 rings (SSSR count). The van der Waals surface area contributed by atoms with Crippen LogP contribution < -0.4 is 14.8 Å². The minimum absolute atomic E-state index is 0.271. The number of ether oxygens (including phenoxy) is 2. The first-order valence-electron chi connectivity index (χ1n) is 9.67. The smallest absolute Gasteiger partial charge is 0.288 e. The largest absolute Gasteiger partial charge is 0.497 e. The SMILES string of the molecule is COc1ccc([C@@H](NC(=O)c2oc3ccc(OC)cc3c2C)c2ccccc2)cc1. The molecular weight excluding hydrogens is 378 g/mol. The van der Waals surface area contributed by atoms with Crippen molar-refractivity contribution in [3.05, 3.63) is 95.2 Å². The lowest BCUT2D eigenvalue weighted by Crippen LogP contribution is -2.29. The molecule has 1 aromatic heterocycles. The van der Waals surface area contributed by atoms with Crippen LogP contribution in [-0.4, -0.2) is 20.1 Å². The number of furan rings is 1. The van der Waals surface area contributed by atoms with E-state index in [9.17, 15) is 4.79 Å². The van der Waals surface area contributed by atoms with Gasteiger partial charge in [-0.3, -0.25) is 4.79 Å². The summed E-state index contributed by atoms with van der Waals surface area (Å²) < 4.78 is 16.4. The van der Waals surface area contributed by atoms with Gasteiger partial charge >= 0.3 is 0 Å². The number of nitrogens with one attached hydrogen (secondary N) is 1. The Labute approximate surface area is 175 Å². The zero-order valence-corrected chi connectivity index (χ0v) is 17.1. The monoisotopic (exact) mass is 401 g/mol. The van der Waals surface area contributed by atoms with Gasteiger partial charge in [0.05, 0.1) is 20.3 Å². The van der Waals surface area contributed by atoms with Gasteiger partial charge in [0, 0.05) is 10.9 Å². The number of hydrogen-bond acceptors (Lipinski definition) is 4. The fourth-order valence-electron chi connectivity index (χ4n) is 3.54. The number of fused-ring (bicyclic) bond motifs is 1. The van der Waals surface area contributed by atoms with E-state index in [0.717, 1.165) is 33.6 Å². The van der Waals surface area contributed by atoms with Gasteiger partial charge in [-0.1, -0.05) is 42.5 Å².